The monoisotopic (exact) mass is 553 g/mol. The van der Waals surface area contributed by atoms with E-state index in [1.165, 1.54) is 16.7 Å². The molecule has 0 aliphatic carbocycles. The molecule has 0 bridgehead atoms. The van der Waals surface area contributed by atoms with Crippen molar-refractivity contribution in [3.05, 3.63) is 89.5 Å². The molecule has 0 spiro atoms. The van der Waals surface area contributed by atoms with Crippen molar-refractivity contribution in [1.29, 1.82) is 0 Å². The van der Waals surface area contributed by atoms with Crippen molar-refractivity contribution in [3.63, 3.8) is 0 Å². The maximum absolute atomic E-state index is 13.8. The molecule has 0 saturated heterocycles. The number of anilines is 1. The molecule has 7 nitrogen and oxygen atoms in total. The van der Waals surface area contributed by atoms with Gasteiger partial charge in [-0.3, -0.25) is 13.9 Å². The van der Waals surface area contributed by atoms with Crippen molar-refractivity contribution in [1.82, 2.24) is 10.2 Å². The van der Waals surface area contributed by atoms with Crippen molar-refractivity contribution in [2.75, 3.05) is 23.7 Å². The first-order valence-electron chi connectivity index (χ1n) is 12.4. The number of aryl methyl sites for hydroxylation is 2. The van der Waals surface area contributed by atoms with Crippen LogP contribution in [0.2, 0.25) is 0 Å². The van der Waals surface area contributed by atoms with Crippen LogP contribution in [0.15, 0.2) is 82.6 Å². The second-order valence-corrected chi connectivity index (χ2v) is 11.8. The van der Waals surface area contributed by atoms with E-state index in [1.807, 2.05) is 51.3 Å². The molecule has 3 aromatic carbocycles. The van der Waals surface area contributed by atoms with Gasteiger partial charge in [0.25, 0.3) is 10.0 Å². The second-order valence-electron chi connectivity index (χ2n) is 9.10. The first-order valence-corrected chi connectivity index (χ1v) is 15.1. The van der Waals surface area contributed by atoms with Gasteiger partial charge in [-0.05, 0) is 75.9 Å². The van der Waals surface area contributed by atoms with Crippen molar-refractivity contribution in [2.45, 2.75) is 50.1 Å². The lowest BCUT2D eigenvalue weighted by molar-refractivity contribution is -0.139. The van der Waals surface area contributed by atoms with E-state index >= 15 is 0 Å². The Bertz CT molecular complexity index is 1340. The Hall–Kier alpha value is -3.30. The number of nitrogens with zero attached hydrogens (tertiary/aromatic N) is 2. The topological polar surface area (TPSA) is 86.8 Å². The minimum Gasteiger partial charge on any atom is -0.355 e. The maximum Gasteiger partial charge on any atom is 0.264 e. The normalized spacial score (nSPS) is 12.0. The van der Waals surface area contributed by atoms with Crippen LogP contribution < -0.4 is 9.62 Å². The molecule has 202 valence electrons. The lowest BCUT2D eigenvalue weighted by Gasteiger charge is -2.32. The summed E-state index contributed by atoms with van der Waals surface area (Å²) in [6.07, 6.45) is 1.92. The van der Waals surface area contributed by atoms with Gasteiger partial charge in [0.2, 0.25) is 11.8 Å². The number of amides is 2. The van der Waals surface area contributed by atoms with Crippen LogP contribution in [-0.4, -0.2) is 50.5 Å². The van der Waals surface area contributed by atoms with Gasteiger partial charge >= 0.3 is 0 Å². The van der Waals surface area contributed by atoms with Gasteiger partial charge in [-0.1, -0.05) is 47.5 Å². The average Bonchev–Trinajstić information content (AvgIpc) is 2.91. The molecule has 0 heterocycles. The van der Waals surface area contributed by atoms with Gasteiger partial charge in [0.15, 0.2) is 0 Å². The highest BCUT2D eigenvalue weighted by Gasteiger charge is 2.32. The number of thioether (sulfide) groups is 1. The molecule has 1 N–H and O–H groups in total. The van der Waals surface area contributed by atoms with E-state index in [2.05, 4.69) is 5.32 Å². The van der Waals surface area contributed by atoms with Gasteiger partial charge in [0.05, 0.1) is 10.6 Å². The molecule has 0 radical (unpaired) electrons. The van der Waals surface area contributed by atoms with E-state index in [0.29, 0.717) is 12.2 Å². The smallest absolute Gasteiger partial charge is 0.264 e. The zero-order chi connectivity index (χ0) is 27.9. The first kappa shape index (κ1) is 29.3. The van der Waals surface area contributed by atoms with Crippen LogP contribution in [0.25, 0.3) is 0 Å². The van der Waals surface area contributed by atoms with Gasteiger partial charge in [-0.2, -0.15) is 0 Å². The molecule has 1 atom stereocenters. The molecular weight excluding hydrogens is 518 g/mol. The number of sulfonamides is 1. The number of hydrogen-bond donors (Lipinski definition) is 1. The minimum absolute atomic E-state index is 0.0885. The average molecular weight is 554 g/mol. The Balaban J connectivity index is 2.01. The Morgan fingerprint density at radius 1 is 0.895 bits per heavy atom. The number of carbonyl (C=O) groups is 2. The lowest BCUT2D eigenvalue weighted by atomic mass is 10.1. The molecule has 9 heteroatoms. The Morgan fingerprint density at radius 2 is 1.45 bits per heavy atom. The fourth-order valence-electron chi connectivity index (χ4n) is 3.91. The standard InChI is InChI=1S/C29H35N3O4S2/c1-6-30-29(34)23(4)31(19-24-11-7-21(2)8-12-24)28(33)20-32(25-13-9-22(3)10-14-25)38(35,36)27-17-15-26(37-5)16-18-27/h7-18,23H,6,19-20H2,1-5H3,(H,30,34). The van der Waals surface area contributed by atoms with E-state index in [4.69, 9.17) is 0 Å². The predicted molar refractivity (Wildman–Crippen MR) is 154 cm³/mol. The number of hydrogen-bond acceptors (Lipinski definition) is 5. The summed E-state index contributed by atoms with van der Waals surface area (Å²) in [5.41, 5.74) is 3.26. The molecule has 0 aliphatic heterocycles. The second kappa shape index (κ2) is 13.0. The van der Waals surface area contributed by atoms with Gasteiger partial charge < -0.3 is 10.2 Å². The van der Waals surface area contributed by atoms with Crippen molar-refractivity contribution in [3.8, 4) is 0 Å². The fraction of sp³-hybridized carbons (Fsp3) is 0.310. The third-order valence-electron chi connectivity index (χ3n) is 6.24. The molecule has 0 aromatic heterocycles. The van der Waals surface area contributed by atoms with Crippen LogP contribution in [0.1, 0.15) is 30.5 Å². The zero-order valence-corrected chi connectivity index (χ0v) is 24.1. The van der Waals surface area contributed by atoms with E-state index in [1.54, 1.807) is 55.5 Å². The van der Waals surface area contributed by atoms with Gasteiger partial charge in [-0.15, -0.1) is 11.8 Å². The van der Waals surface area contributed by atoms with Crippen LogP contribution >= 0.6 is 11.8 Å². The largest absolute Gasteiger partial charge is 0.355 e. The summed E-state index contributed by atoms with van der Waals surface area (Å²) >= 11 is 1.51. The molecular formula is C29H35N3O4S2. The molecule has 3 rings (SSSR count). The molecule has 1 unspecified atom stereocenters. The summed E-state index contributed by atoms with van der Waals surface area (Å²) in [5.74, 6) is -0.778. The van der Waals surface area contributed by atoms with Crippen LogP contribution in [0.5, 0.6) is 0 Å². The van der Waals surface area contributed by atoms with Crippen LogP contribution in [0.4, 0.5) is 5.69 Å². The maximum atomic E-state index is 13.8. The van der Waals surface area contributed by atoms with E-state index < -0.39 is 28.5 Å². The third-order valence-corrected chi connectivity index (χ3v) is 8.77. The summed E-state index contributed by atoms with van der Waals surface area (Å²) < 4.78 is 28.8. The van der Waals surface area contributed by atoms with Gasteiger partial charge in [0, 0.05) is 18.0 Å². The van der Waals surface area contributed by atoms with Crippen molar-refractivity contribution >= 4 is 39.3 Å². The Labute approximate surface area is 230 Å². The van der Waals surface area contributed by atoms with Crippen LogP contribution in [-0.2, 0) is 26.2 Å². The van der Waals surface area contributed by atoms with E-state index in [9.17, 15) is 18.0 Å². The molecule has 0 aliphatic rings. The summed E-state index contributed by atoms with van der Waals surface area (Å²) in [7, 11) is -4.08. The van der Waals surface area contributed by atoms with E-state index in [0.717, 1.165) is 25.9 Å². The molecule has 3 aromatic rings. The number of nitrogens with one attached hydrogen (secondary N) is 1. The molecule has 0 saturated carbocycles. The molecule has 38 heavy (non-hydrogen) atoms. The summed E-state index contributed by atoms with van der Waals surface area (Å²) in [4.78, 5) is 29.1. The highest BCUT2D eigenvalue weighted by atomic mass is 32.2. The number of benzene rings is 3. The van der Waals surface area contributed by atoms with Crippen molar-refractivity contribution in [2.24, 2.45) is 0 Å². The summed E-state index contributed by atoms with van der Waals surface area (Å²) in [6.45, 7) is 7.48. The van der Waals surface area contributed by atoms with E-state index in [-0.39, 0.29) is 17.3 Å². The fourth-order valence-corrected chi connectivity index (χ4v) is 5.73. The summed E-state index contributed by atoms with van der Waals surface area (Å²) in [5, 5.41) is 2.77. The third kappa shape index (κ3) is 7.17. The van der Waals surface area contributed by atoms with Gasteiger partial charge in [-0.25, -0.2) is 8.42 Å². The predicted octanol–water partition coefficient (Wildman–Crippen LogP) is 4.77. The number of likely N-dealkylation sites (N-methyl/N-ethyl adjacent to an activating group) is 1. The zero-order valence-electron chi connectivity index (χ0n) is 22.5. The Morgan fingerprint density at radius 3 is 1.97 bits per heavy atom. The SMILES string of the molecule is CCNC(=O)C(C)N(Cc1ccc(C)cc1)C(=O)CN(c1ccc(C)cc1)S(=O)(=O)c1ccc(SC)cc1. The quantitative estimate of drug-likeness (QED) is 0.346. The lowest BCUT2D eigenvalue weighted by Crippen LogP contribution is -2.51. The number of rotatable bonds is 11. The number of carbonyl (C=O) groups excluding carboxylic acids is 2. The minimum atomic E-state index is -4.08. The van der Waals surface area contributed by atoms with Crippen LogP contribution in [0, 0.1) is 13.8 Å². The molecule has 0 fully saturated rings. The molecule has 2 amide bonds. The highest BCUT2D eigenvalue weighted by molar-refractivity contribution is 7.98. The van der Waals surface area contributed by atoms with Gasteiger partial charge in [0.1, 0.15) is 12.6 Å². The van der Waals surface area contributed by atoms with Crippen molar-refractivity contribution < 1.29 is 18.0 Å². The summed E-state index contributed by atoms with van der Waals surface area (Å²) in [6, 6.07) is 20.5. The highest BCUT2D eigenvalue weighted by Crippen LogP contribution is 2.26. The van der Waals surface area contributed by atoms with Crippen LogP contribution in [0.3, 0.4) is 0 Å². The Kier molecular flexibility index (Phi) is 9.99. The first-order chi connectivity index (χ1) is 18.1.